The minimum atomic E-state index is -0.169. The van der Waals surface area contributed by atoms with E-state index in [4.69, 9.17) is 9.47 Å². The van der Waals surface area contributed by atoms with E-state index in [-0.39, 0.29) is 12.0 Å². The van der Waals surface area contributed by atoms with Crippen molar-refractivity contribution >= 4 is 27.9 Å². The van der Waals surface area contributed by atoms with Gasteiger partial charge in [-0.2, -0.15) is 0 Å². The molecule has 6 nitrogen and oxygen atoms in total. The van der Waals surface area contributed by atoms with Gasteiger partial charge in [-0.3, -0.25) is 9.20 Å². The number of aromatic nitrogens is 2. The smallest absolute Gasteiger partial charge is 0.274 e. The first-order valence-corrected chi connectivity index (χ1v) is 9.66. The summed E-state index contributed by atoms with van der Waals surface area (Å²) in [7, 11) is 0. The van der Waals surface area contributed by atoms with Gasteiger partial charge in [0, 0.05) is 23.9 Å². The lowest BCUT2D eigenvalue weighted by Crippen LogP contribution is -2.25. The number of hydrogen-bond donors (Lipinski definition) is 1. The molecule has 1 aliphatic heterocycles. The third-order valence-electron chi connectivity index (χ3n) is 4.47. The van der Waals surface area contributed by atoms with Crippen LogP contribution in [0.5, 0.6) is 5.75 Å². The number of fused-ring (bicyclic) bond motifs is 1. The van der Waals surface area contributed by atoms with Crippen molar-refractivity contribution in [2.75, 3.05) is 18.5 Å². The number of aryl methyl sites for hydroxylation is 1. The Labute approximate surface area is 155 Å². The maximum Gasteiger partial charge on any atom is 0.274 e. The van der Waals surface area contributed by atoms with Crippen LogP contribution in [0.25, 0.3) is 4.96 Å². The number of amides is 1. The number of anilines is 1. The van der Waals surface area contributed by atoms with Crippen molar-refractivity contribution in [2.45, 2.75) is 32.3 Å². The molecule has 7 heteroatoms. The molecule has 0 radical (unpaired) electrons. The molecular formula is C19H21N3O3S. The standard InChI is InChI=1S/C19H21N3O3S/c1-13-17(22-9-11-26-19(22)20-13)18(23)21-14-5-7-15(8-6-14)25-12-16-4-2-3-10-24-16/h5-9,11,16H,2-4,10,12H2,1H3,(H,21,23). The van der Waals surface area contributed by atoms with Crippen molar-refractivity contribution in [3.8, 4) is 5.75 Å². The molecule has 1 amide bonds. The maximum absolute atomic E-state index is 12.6. The lowest BCUT2D eigenvalue weighted by Gasteiger charge is -2.22. The predicted octanol–water partition coefficient (Wildman–Crippen LogP) is 3.90. The number of benzene rings is 1. The molecule has 1 N–H and O–H groups in total. The molecule has 4 rings (SSSR count). The van der Waals surface area contributed by atoms with E-state index in [0.29, 0.717) is 12.3 Å². The zero-order chi connectivity index (χ0) is 17.9. The molecule has 26 heavy (non-hydrogen) atoms. The van der Waals surface area contributed by atoms with E-state index >= 15 is 0 Å². The van der Waals surface area contributed by atoms with Gasteiger partial charge in [0.25, 0.3) is 5.91 Å². The van der Waals surface area contributed by atoms with Gasteiger partial charge in [0.2, 0.25) is 0 Å². The zero-order valence-electron chi connectivity index (χ0n) is 14.6. The number of carbonyl (C=O) groups is 1. The monoisotopic (exact) mass is 371 g/mol. The van der Waals surface area contributed by atoms with Gasteiger partial charge < -0.3 is 14.8 Å². The average molecular weight is 371 g/mol. The van der Waals surface area contributed by atoms with E-state index in [2.05, 4.69) is 10.3 Å². The molecule has 1 aromatic carbocycles. The van der Waals surface area contributed by atoms with Gasteiger partial charge in [-0.1, -0.05) is 0 Å². The van der Waals surface area contributed by atoms with Crippen LogP contribution in [0, 0.1) is 6.92 Å². The van der Waals surface area contributed by atoms with Crippen LogP contribution in [0.3, 0.4) is 0 Å². The molecular weight excluding hydrogens is 350 g/mol. The topological polar surface area (TPSA) is 64.9 Å². The Bertz CT molecular complexity index is 895. The molecule has 0 aliphatic carbocycles. The summed E-state index contributed by atoms with van der Waals surface area (Å²) < 4.78 is 13.3. The van der Waals surface area contributed by atoms with Crippen LogP contribution in [0.2, 0.25) is 0 Å². The Balaban J connectivity index is 1.38. The summed E-state index contributed by atoms with van der Waals surface area (Å²) in [6, 6.07) is 7.41. The molecule has 0 saturated carbocycles. The molecule has 3 aromatic rings. The summed E-state index contributed by atoms with van der Waals surface area (Å²) in [5.74, 6) is 0.607. The SMILES string of the molecule is Cc1nc2sccn2c1C(=O)Nc1ccc(OCC2CCCCO2)cc1. The minimum absolute atomic E-state index is 0.169. The Morgan fingerprint density at radius 3 is 3.00 bits per heavy atom. The Morgan fingerprint density at radius 1 is 1.38 bits per heavy atom. The summed E-state index contributed by atoms with van der Waals surface area (Å²) in [5, 5.41) is 4.84. The second kappa shape index (κ2) is 7.47. The first-order chi connectivity index (χ1) is 12.7. The normalized spacial score (nSPS) is 17.3. The van der Waals surface area contributed by atoms with E-state index in [1.54, 1.807) is 0 Å². The molecule has 136 valence electrons. The fraction of sp³-hybridized carbons (Fsp3) is 0.368. The molecule has 0 spiro atoms. The van der Waals surface area contributed by atoms with Gasteiger partial charge in [-0.05, 0) is 50.5 Å². The van der Waals surface area contributed by atoms with Crippen molar-refractivity contribution in [1.82, 2.24) is 9.38 Å². The number of carbonyl (C=O) groups excluding carboxylic acids is 1. The largest absolute Gasteiger partial charge is 0.491 e. The van der Waals surface area contributed by atoms with Crippen LogP contribution in [-0.4, -0.2) is 34.6 Å². The van der Waals surface area contributed by atoms with Gasteiger partial charge in [-0.25, -0.2) is 4.98 Å². The van der Waals surface area contributed by atoms with Gasteiger partial charge >= 0.3 is 0 Å². The Kier molecular flexibility index (Phi) is 4.90. The van der Waals surface area contributed by atoms with Crippen molar-refractivity contribution < 1.29 is 14.3 Å². The number of rotatable bonds is 5. The zero-order valence-corrected chi connectivity index (χ0v) is 15.4. The van der Waals surface area contributed by atoms with Gasteiger partial charge in [0.1, 0.15) is 18.1 Å². The van der Waals surface area contributed by atoms with Crippen molar-refractivity contribution in [1.29, 1.82) is 0 Å². The second-order valence-electron chi connectivity index (χ2n) is 6.38. The average Bonchev–Trinajstić information content (AvgIpc) is 3.22. The summed E-state index contributed by atoms with van der Waals surface area (Å²) in [5.41, 5.74) is 2.01. The van der Waals surface area contributed by atoms with E-state index in [1.165, 1.54) is 17.8 Å². The van der Waals surface area contributed by atoms with Crippen LogP contribution in [0.4, 0.5) is 5.69 Å². The van der Waals surface area contributed by atoms with Crippen LogP contribution in [-0.2, 0) is 4.74 Å². The summed E-state index contributed by atoms with van der Waals surface area (Å²) in [4.78, 5) is 17.8. The summed E-state index contributed by atoms with van der Waals surface area (Å²) in [6.45, 7) is 3.24. The fourth-order valence-corrected chi connectivity index (χ4v) is 3.88. The van der Waals surface area contributed by atoms with Crippen molar-refractivity contribution in [3.05, 3.63) is 47.2 Å². The van der Waals surface area contributed by atoms with E-state index < -0.39 is 0 Å². The second-order valence-corrected chi connectivity index (χ2v) is 7.25. The highest BCUT2D eigenvalue weighted by Crippen LogP contribution is 2.21. The first-order valence-electron chi connectivity index (χ1n) is 8.78. The van der Waals surface area contributed by atoms with Gasteiger partial charge in [-0.15, -0.1) is 11.3 Å². The maximum atomic E-state index is 12.6. The number of hydrogen-bond acceptors (Lipinski definition) is 5. The predicted molar refractivity (Wildman–Crippen MR) is 101 cm³/mol. The summed E-state index contributed by atoms with van der Waals surface area (Å²) in [6.07, 6.45) is 5.43. The van der Waals surface area contributed by atoms with Gasteiger partial charge in [0.15, 0.2) is 4.96 Å². The molecule has 1 fully saturated rings. The summed E-state index contributed by atoms with van der Waals surface area (Å²) >= 11 is 1.51. The van der Waals surface area contributed by atoms with Crippen molar-refractivity contribution in [2.24, 2.45) is 0 Å². The third kappa shape index (κ3) is 3.59. The first kappa shape index (κ1) is 17.1. The number of thiazole rings is 1. The number of ether oxygens (including phenoxy) is 2. The van der Waals surface area contributed by atoms with Gasteiger partial charge in [0.05, 0.1) is 11.8 Å². The highest BCUT2D eigenvalue weighted by molar-refractivity contribution is 7.15. The number of imidazole rings is 1. The molecule has 3 heterocycles. The lowest BCUT2D eigenvalue weighted by atomic mass is 10.1. The lowest BCUT2D eigenvalue weighted by molar-refractivity contribution is -0.0110. The molecule has 1 atom stereocenters. The number of nitrogens with one attached hydrogen (secondary N) is 1. The fourth-order valence-electron chi connectivity index (χ4n) is 3.12. The molecule has 1 aliphatic rings. The van der Waals surface area contributed by atoms with Crippen LogP contribution in [0.15, 0.2) is 35.8 Å². The highest BCUT2D eigenvalue weighted by Gasteiger charge is 2.18. The van der Waals surface area contributed by atoms with Crippen molar-refractivity contribution in [3.63, 3.8) is 0 Å². The van der Waals surface area contributed by atoms with Crippen LogP contribution in [0.1, 0.15) is 35.4 Å². The molecule has 2 aromatic heterocycles. The molecule has 1 unspecified atom stereocenters. The molecule has 1 saturated heterocycles. The minimum Gasteiger partial charge on any atom is -0.491 e. The van der Waals surface area contributed by atoms with E-state index in [9.17, 15) is 4.79 Å². The highest BCUT2D eigenvalue weighted by atomic mass is 32.1. The Morgan fingerprint density at radius 2 is 2.23 bits per heavy atom. The van der Waals surface area contributed by atoms with E-state index in [0.717, 1.165) is 41.5 Å². The van der Waals surface area contributed by atoms with Crippen LogP contribution < -0.4 is 10.1 Å². The Hall–Kier alpha value is -2.38. The van der Waals surface area contributed by atoms with Crippen LogP contribution >= 0.6 is 11.3 Å². The third-order valence-corrected chi connectivity index (χ3v) is 5.23. The number of nitrogens with zero attached hydrogens (tertiary/aromatic N) is 2. The quantitative estimate of drug-likeness (QED) is 0.739. The van der Waals surface area contributed by atoms with E-state index in [1.807, 2.05) is 47.2 Å². The molecule has 0 bridgehead atoms.